The Bertz CT molecular complexity index is 1200. The number of hydrazone groups is 1. The first kappa shape index (κ1) is 18.4. The van der Waals surface area contributed by atoms with Gasteiger partial charge in [0.1, 0.15) is 6.54 Å². The number of aromatic nitrogens is 1. The number of amides is 1. The number of carbonyl (C=O) groups excluding carboxylic acids is 1. The van der Waals surface area contributed by atoms with E-state index in [2.05, 4.69) is 33.1 Å². The molecule has 0 aliphatic carbocycles. The van der Waals surface area contributed by atoms with Crippen LogP contribution in [0.1, 0.15) is 5.56 Å². The number of para-hydroxylation sites is 2. The second-order valence-corrected chi connectivity index (χ2v) is 7.54. The first-order valence-corrected chi connectivity index (χ1v) is 9.79. The van der Waals surface area contributed by atoms with Crippen molar-refractivity contribution in [3.8, 4) is 0 Å². The van der Waals surface area contributed by atoms with Gasteiger partial charge in [-0.15, -0.1) is 0 Å². The van der Waals surface area contributed by atoms with Crippen LogP contribution in [-0.2, 0) is 11.3 Å². The summed E-state index contributed by atoms with van der Waals surface area (Å²) < 4.78 is 2.98. The molecular formula is C22H16IN3O2. The van der Waals surface area contributed by atoms with Gasteiger partial charge in [0.25, 0.3) is 5.91 Å². The molecule has 1 N–H and O–H groups in total. The number of fused-ring (bicyclic) bond motifs is 2. The number of carbonyl (C=O) groups is 1. The van der Waals surface area contributed by atoms with E-state index >= 15 is 0 Å². The topological polar surface area (TPSA) is 63.5 Å². The molecule has 1 aromatic heterocycles. The maximum atomic E-state index is 12.7. The number of pyridine rings is 1. The highest BCUT2D eigenvalue weighted by atomic mass is 127. The minimum atomic E-state index is -0.263. The van der Waals surface area contributed by atoms with Gasteiger partial charge >= 0.3 is 0 Å². The van der Waals surface area contributed by atoms with E-state index in [0.29, 0.717) is 10.8 Å². The van der Waals surface area contributed by atoms with Gasteiger partial charge in [-0.25, -0.2) is 5.43 Å². The Morgan fingerprint density at radius 2 is 1.50 bits per heavy atom. The molecule has 0 bridgehead atoms. The summed E-state index contributed by atoms with van der Waals surface area (Å²) in [6.07, 6.45) is 1.61. The lowest BCUT2D eigenvalue weighted by Crippen LogP contribution is -2.25. The second-order valence-electron chi connectivity index (χ2n) is 6.29. The fourth-order valence-electron chi connectivity index (χ4n) is 3.15. The van der Waals surface area contributed by atoms with Crippen molar-refractivity contribution in [3.05, 3.63) is 92.2 Å². The Balaban J connectivity index is 1.65. The summed E-state index contributed by atoms with van der Waals surface area (Å²) in [6, 6.07) is 22.5. The zero-order valence-corrected chi connectivity index (χ0v) is 17.0. The Labute approximate surface area is 174 Å². The molecule has 6 heteroatoms. The molecule has 0 aliphatic rings. The van der Waals surface area contributed by atoms with Gasteiger partial charge in [0.15, 0.2) is 5.43 Å². The van der Waals surface area contributed by atoms with Crippen LogP contribution in [0.5, 0.6) is 0 Å². The highest BCUT2D eigenvalue weighted by Crippen LogP contribution is 2.18. The van der Waals surface area contributed by atoms with Crippen molar-refractivity contribution >= 4 is 56.5 Å². The van der Waals surface area contributed by atoms with Crippen LogP contribution in [-0.4, -0.2) is 16.7 Å². The predicted molar refractivity (Wildman–Crippen MR) is 121 cm³/mol. The molecule has 5 nitrogen and oxygen atoms in total. The molecule has 1 heterocycles. The molecule has 0 unspecified atom stereocenters. The van der Waals surface area contributed by atoms with E-state index in [4.69, 9.17) is 0 Å². The first-order valence-electron chi connectivity index (χ1n) is 8.71. The maximum Gasteiger partial charge on any atom is 0.260 e. The molecule has 0 aliphatic heterocycles. The van der Waals surface area contributed by atoms with Crippen molar-refractivity contribution in [1.82, 2.24) is 9.99 Å². The van der Waals surface area contributed by atoms with E-state index in [1.165, 1.54) is 0 Å². The smallest absolute Gasteiger partial charge is 0.260 e. The average Bonchev–Trinajstić information content (AvgIpc) is 2.72. The van der Waals surface area contributed by atoms with Crippen molar-refractivity contribution in [2.75, 3.05) is 0 Å². The van der Waals surface area contributed by atoms with Crippen molar-refractivity contribution in [2.45, 2.75) is 6.54 Å². The van der Waals surface area contributed by atoms with Gasteiger partial charge in [0.2, 0.25) is 0 Å². The number of nitrogens with zero attached hydrogens (tertiary/aromatic N) is 2. The monoisotopic (exact) mass is 481 g/mol. The first-order chi connectivity index (χ1) is 13.6. The predicted octanol–water partition coefficient (Wildman–Crippen LogP) is 3.91. The Hall–Kier alpha value is -3.00. The fraction of sp³-hybridized carbons (Fsp3) is 0.0455. The molecule has 3 aromatic carbocycles. The van der Waals surface area contributed by atoms with E-state index in [9.17, 15) is 9.59 Å². The van der Waals surface area contributed by atoms with Crippen LogP contribution in [0.15, 0.2) is 82.7 Å². The van der Waals surface area contributed by atoms with Crippen molar-refractivity contribution < 1.29 is 4.79 Å². The van der Waals surface area contributed by atoms with Gasteiger partial charge in [-0.3, -0.25) is 9.59 Å². The third kappa shape index (κ3) is 3.68. The molecule has 1 amide bonds. The fourth-order valence-corrected chi connectivity index (χ4v) is 3.51. The molecule has 0 atom stereocenters. The van der Waals surface area contributed by atoms with E-state index in [1.54, 1.807) is 18.3 Å². The number of benzene rings is 3. The molecule has 0 radical (unpaired) electrons. The molecule has 138 valence electrons. The number of nitrogens with one attached hydrogen (secondary N) is 1. The lowest BCUT2D eigenvalue weighted by Gasteiger charge is -2.14. The Kier molecular flexibility index (Phi) is 5.21. The van der Waals surface area contributed by atoms with Crippen LogP contribution in [0, 0.1) is 3.57 Å². The van der Waals surface area contributed by atoms with Gasteiger partial charge in [0.05, 0.1) is 17.2 Å². The van der Waals surface area contributed by atoms with E-state index in [1.807, 2.05) is 65.2 Å². The van der Waals surface area contributed by atoms with Crippen molar-refractivity contribution in [2.24, 2.45) is 5.10 Å². The number of hydrogen-bond acceptors (Lipinski definition) is 3. The molecule has 4 aromatic rings. The van der Waals surface area contributed by atoms with Gasteiger partial charge in [0, 0.05) is 14.3 Å². The van der Waals surface area contributed by atoms with Crippen molar-refractivity contribution in [3.63, 3.8) is 0 Å². The standard InChI is InChI=1S/C22H16IN3O2/c23-16-11-9-15(10-12-16)13-24-25-21(27)14-26-19-7-3-1-5-17(19)22(28)18-6-2-4-8-20(18)26/h1-13H,14H2,(H,25,27)/b24-13+. The summed E-state index contributed by atoms with van der Waals surface area (Å²) in [5.74, 6) is -0.263. The van der Waals surface area contributed by atoms with Crippen molar-refractivity contribution in [1.29, 1.82) is 0 Å². The summed E-state index contributed by atoms with van der Waals surface area (Å²) in [5.41, 5.74) is 4.89. The van der Waals surface area contributed by atoms with Crippen LogP contribution in [0.4, 0.5) is 0 Å². The molecule has 0 fully saturated rings. The Morgan fingerprint density at radius 1 is 0.929 bits per heavy atom. The summed E-state index contributed by atoms with van der Waals surface area (Å²) in [4.78, 5) is 25.2. The largest absolute Gasteiger partial charge is 0.331 e. The van der Waals surface area contributed by atoms with E-state index in [0.717, 1.165) is 20.2 Å². The average molecular weight is 481 g/mol. The van der Waals surface area contributed by atoms with Crippen LogP contribution < -0.4 is 10.9 Å². The van der Waals surface area contributed by atoms with E-state index < -0.39 is 0 Å². The summed E-state index contributed by atoms with van der Waals surface area (Å²) in [7, 11) is 0. The summed E-state index contributed by atoms with van der Waals surface area (Å²) >= 11 is 2.23. The third-order valence-corrected chi connectivity index (χ3v) is 5.17. The highest BCUT2D eigenvalue weighted by molar-refractivity contribution is 14.1. The van der Waals surface area contributed by atoms with Gasteiger partial charge in [-0.05, 0) is 64.6 Å². The van der Waals surface area contributed by atoms with Crippen LogP contribution in [0.3, 0.4) is 0 Å². The molecular weight excluding hydrogens is 465 g/mol. The second kappa shape index (κ2) is 7.93. The zero-order chi connectivity index (χ0) is 19.5. The summed E-state index contributed by atoms with van der Waals surface area (Å²) in [6.45, 7) is 0.0608. The zero-order valence-electron chi connectivity index (χ0n) is 14.8. The molecule has 4 rings (SSSR count). The van der Waals surface area contributed by atoms with Crippen LogP contribution in [0.2, 0.25) is 0 Å². The number of halogens is 1. The SMILES string of the molecule is O=C(Cn1c2ccccc2c(=O)c2ccccc21)N/N=C/c1ccc(I)cc1. The van der Waals surface area contributed by atoms with Gasteiger partial charge < -0.3 is 4.57 Å². The normalized spacial score (nSPS) is 11.3. The van der Waals surface area contributed by atoms with Gasteiger partial charge in [-0.1, -0.05) is 36.4 Å². The van der Waals surface area contributed by atoms with Gasteiger partial charge in [-0.2, -0.15) is 5.10 Å². The lowest BCUT2D eigenvalue weighted by molar-refractivity contribution is -0.121. The number of hydrogen-bond donors (Lipinski definition) is 1. The molecule has 0 saturated carbocycles. The van der Waals surface area contributed by atoms with E-state index in [-0.39, 0.29) is 17.9 Å². The lowest BCUT2D eigenvalue weighted by atomic mass is 10.1. The minimum absolute atomic E-state index is 0.0282. The van der Waals surface area contributed by atoms with Crippen LogP contribution in [0.25, 0.3) is 21.8 Å². The minimum Gasteiger partial charge on any atom is -0.331 e. The third-order valence-electron chi connectivity index (χ3n) is 4.45. The Morgan fingerprint density at radius 3 is 2.11 bits per heavy atom. The van der Waals surface area contributed by atoms with Crippen LogP contribution >= 0.6 is 22.6 Å². The molecule has 0 spiro atoms. The summed E-state index contributed by atoms with van der Waals surface area (Å²) in [5, 5.41) is 5.23. The number of rotatable bonds is 4. The highest BCUT2D eigenvalue weighted by Gasteiger charge is 2.12. The molecule has 28 heavy (non-hydrogen) atoms. The maximum absolute atomic E-state index is 12.7. The molecule has 0 saturated heterocycles. The quantitative estimate of drug-likeness (QED) is 0.208.